The lowest BCUT2D eigenvalue weighted by Gasteiger charge is -2.25. The number of halogens is 1. The zero-order valence-corrected chi connectivity index (χ0v) is 11.3. The van der Waals surface area contributed by atoms with Gasteiger partial charge in [0.05, 0.1) is 23.9 Å². The van der Waals surface area contributed by atoms with E-state index in [-0.39, 0.29) is 12.0 Å². The van der Waals surface area contributed by atoms with Crippen molar-refractivity contribution < 1.29 is 14.3 Å². The third kappa shape index (κ3) is 4.38. The Labute approximate surface area is 117 Å². The van der Waals surface area contributed by atoms with Gasteiger partial charge < -0.3 is 20.5 Å². The van der Waals surface area contributed by atoms with Gasteiger partial charge in [0.2, 0.25) is 5.91 Å². The molecule has 19 heavy (non-hydrogen) atoms. The molecule has 0 saturated carbocycles. The lowest BCUT2D eigenvalue weighted by Crippen LogP contribution is -2.36. The van der Waals surface area contributed by atoms with Gasteiger partial charge in [-0.1, -0.05) is 11.6 Å². The predicted molar refractivity (Wildman–Crippen MR) is 74.3 cm³/mol. The fourth-order valence-corrected chi connectivity index (χ4v) is 1.87. The summed E-state index contributed by atoms with van der Waals surface area (Å²) in [6, 6.07) is 5.00. The standard InChI is InChI=1S/C13H17ClN2O3/c14-11-6-9(15)3-4-12(11)16-13(17)2-1-5-19-10-7-18-8-10/h3-4,6,10H,1-2,5,7-8,15H2,(H,16,17). The first-order valence-electron chi connectivity index (χ1n) is 6.19. The van der Waals surface area contributed by atoms with Crippen LogP contribution in [0.4, 0.5) is 11.4 Å². The van der Waals surface area contributed by atoms with E-state index in [1.165, 1.54) is 0 Å². The van der Waals surface area contributed by atoms with Crippen LogP contribution < -0.4 is 11.1 Å². The molecule has 0 spiro atoms. The Morgan fingerprint density at radius 3 is 2.95 bits per heavy atom. The second-order valence-corrected chi connectivity index (χ2v) is 4.83. The minimum Gasteiger partial charge on any atom is -0.399 e. The van der Waals surface area contributed by atoms with Crippen molar-refractivity contribution in [2.75, 3.05) is 30.9 Å². The van der Waals surface area contributed by atoms with E-state index in [0.29, 0.717) is 49.1 Å². The molecular formula is C13H17ClN2O3. The van der Waals surface area contributed by atoms with E-state index < -0.39 is 0 Å². The molecule has 0 aliphatic carbocycles. The van der Waals surface area contributed by atoms with Crippen LogP contribution in [0.5, 0.6) is 0 Å². The molecule has 104 valence electrons. The molecule has 1 aliphatic heterocycles. The summed E-state index contributed by atoms with van der Waals surface area (Å²) in [6.45, 7) is 1.89. The first kappa shape index (κ1) is 14.1. The number of rotatable bonds is 6. The monoisotopic (exact) mass is 284 g/mol. The highest BCUT2D eigenvalue weighted by atomic mass is 35.5. The molecule has 6 heteroatoms. The minimum absolute atomic E-state index is 0.0832. The Bertz CT molecular complexity index is 450. The van der Waals surface area contributed by atoms with E-state index in [1.807, 2.05) is 0 Å². The molecule has 1 amide bonds. The van der Waals surface area contributed by atoms with Crippen LogP contribution in [-0.4, -0.2) is 31.8 Å². The molecule has 0 atom stereocenters. The third-order valence-corrected chi connectivity index (χ3v) is 3.09. The summed E-state index contributed by atoms with van der Waals surface area (Å²) >= 11 is 5.97. The van der Waals surface area contributed by atoms with Crippen LogP contribution in [0.3, 0.4) is 0 Å². The maximum absolute atomic E-state index is 11.7. The molecule has 3 N–H and O–H groups in total. The summed E-state index contributed by atoms with van der Waals surface area (Å²) in [5.41, 5.74) is 6.73. The van der Waals surface area contributed by atoms with Gasteiger partial charge in [-0.25, -0.2) is 0 Å². The number of hydrogen-bond donors (Lipinski definition) is 2. The largest absolute Gasteiger partial charge is 0.399 e. The van der Waals surface area contributed by atoms with Crippen molar-refractivity contribution in [2.45, 2.75) is 18.9 Å². The number of carbonyl (C=O) groups is 1. The SMILES string of the molecule is Nc1ccc(NC(=O)CCCOC2COC2)c(Cl)c1. The Balaban J connectivity index is 1.68. The van der Waals surface area contributed by atoms with Crippen LogP contribution in [0, 0.1) is 0 Å². The molecule has 1 aromatic carbocycles. The number of nitrogens with two attached hydrogens (primary N) is 1. The topological polar surface area (TPSA) is 73.6 Å². The summed E-state index contributed by atoms with van der Waals surface area (Å²) in [6.07, 6.45) is 1.28. The molecule has 1 aromatic rings. The van der Waals surface area contributed by atoms with Gasteiger partial charge >= 0.3 is 0 Å². The zero-order chi connectivity index (χ0) is 13.7. The van der Waals surface area contributed by atoms with E-state index in [9.17, 15) is 4.79 Å². The van der Waals surface area contributed by atoms with Crippen LogP contribution in [0.2, 0.25) is 5.02 Å². The summed E-state index contributed by atoms with van der Waals surface area (Å²) in [4.78, 5) is 11.7. The van der Waals surface area contributed by atoms with E-state index in [0.717, 1.165) is 0 Å². The highest BCUT2D eigenvalue weighted by Gasteiger charge is 2.18. The van der Waals surface area contributed by atoms with Gasteiger partial charge in [0, 0.05) is 18.7 Å². The van der Waals surface area contributed by atoms with Crippen molar-refractivity contribution in [3.05, 3.63) is 23.2 Å². The number of carbonyl (C=O) groups excluding carboxylic acids is 1. The Kier molecular flexibility index (Phi) is 5.01. The van der Waals surface area contributed by atoms with Crippen molar-refractivity contribution >= 4 is 28.9 Å². The van der Waals surface area contributed by atoms with Crippen LogP contribution in [0.15, 0.2) is 18.2 Å². The quantitative estimate of drug-likeness (QED) is 0.619. The van der Waals surface area contributed by atoms with Crippen LogP contribution in [0.1, 0.15) is 12.8 Å². The molecule has 0 unspecified atom stereocenters. The zero-order valence-electron chi connectivity index (χ0n) is 10.5. The van der Waals surface area contributed by atoms with Crippen LogP contribution in [-0.2, 0) is 14.3 Å². The second kappa shape index (κ2) is 6.75. The fraction of sp³-hybridized carbons (Fsp3) is 0.462. The fourth-order valence-electron chi connectivity index (χ4n) is 1.64. The van der Waals surface area contributed by atoms with Gasteiger partial charge in [0.1, 0.15) is 6.10 Å². The maximum Gasteiger partial charge on any atom is 0.224 e. The summed E-state index contributed by atoms with van der Waals surface area (Å²) in [5.74, 6) is -0.0832. The van der Waals surface area contributed by atoms with Crippen LogP contribution >= 0.6 is 11.6 Å². The average molecular weight is 285 g/mol. The number of nitrogens with one attached hydrogen (secondary N) is 1. The summed E-state index contributed by atoms with van der Waals surface area (Å²) in [5, 5.41) is 3.19. The number of hydrogen-bond acceptors (Lipinski definition) is 4. The number of ether oxygens (including phenoxy) is 2. The molecule has 2 rings (SSSR count). The maximum atomic E-state index is 11.7. The number of nitrogen functional groups attached to an aromatic ring is 1. The molecule has 1 fully saturated rings. The van der Waals surface area contributed by atoms with E-state index in [4.69, 9.17) is 26.8 Å². The first-order chi connectivity index (χ1) is 9.15. The number of benzene rings is 1. The predicted octanol–water partition coefficient (Wildman–Crippen LogP) is 2.06. The smallest absolute Gasteiger partial charge is 0.224 e. The van der Waals surface area contributed by atoms with Gasteiger partial charge in [-0.05, 0) is 24.6 Å². The van der Waals surface area contributed by atoms with E-state index >= 15 is 0 Å². The Hall–Kier alpha value is -1.30. The second-order valence-electron chi connectivity index (χ2n) is 4.42. The molecule has 0 radical (unpaired) electrons. The van der Waals surface area contributed by atoms with Crippen LogP contribution in [0.25, 0.3) is 0 Å². The van der Waals surface area contributed by atoms with Crippen molar-refractivity contribution in [3.63, 3.8) is 0 Å². The van der Waals surface area contributed by atoms with Gasteiger partial charge in [0.25, 0.3) is 0 Å². The highest BCUT2D eigenvalue weighted by Crippen LogP contribution is 2.24. The molecule has 0 aromatic heterocycles. The molecule has 1 saturated heterocycles. The Morgan fingerprint density at radius 1 is 1.53 bits per heavy atom. The van der Waals surface area contributed by atoms with Crippen molar-refractivity contribution in [2.24, 2.45) is 0 Å². The van der Waals surface area contributed by atoms with E-state index in [1.54, 1.807) is 18.2 Å². The summed E-state index contributed by atoms with van der Waals surface area (Å²) < 4.78 is 10.5. The lowest BCUT2D eigenvalue weighted by atomic mass is 10.2. The third-order valence-electron chi connectivity index (χ3n) is 2.78. The molecule has 5 nitrogen and oxygen atoms in total. The van der Waals surface area contributed by atoms with Crippen molar-refractivity contribution in [3.8, 4) is 0 Å². The normalized spacial score (nSPS) is 15.0. The van der Waals surface area contributed by atoms with Gasteiger partial charge in [-0.3, -0.25) is 4.79 Å². The lowest BCUT2D eigenvalue weighted by molar-refractivity contribution is -0.131. The molecular weight excluding hydrogens is 268 g/mol. The number of amides is 1. The molecule has 0 bridgehead atoms. The van der Waals surface area contributed by atoms with E-state index in [2.05, 4.69) is 5.32 Å². The average Bonchev–Trinajstić information content (AvgIpc) is 2.30. The minimum atomic E-state index is -0.0832. The van der Waals surface area contributed by atoms with Gasteiger partial charge in [0.15, 0.2) is 0 Å². The summed E-state index contributed by atoms with van der Waals surface area (Å²) in [7, 11) is 0. The Morgan fingerprint density at radius 2 is 2.32 bits per heavy atom. The first-order valence-corrected chi connectivity index (χ1v) is 6.57. The molecule has 1 heterocycles. The van der Waals surface area contributed by atoms with Crippen molar-refractivity contribution in [1.82, 2.24) is 0 Å². The number of anilines is 2. The van der Waals surface area contributed by atoms with Gasteiger partial charge in [-0.2, -0.15) is 0 Å². The molecule has 1 aliphatic rings. The van der Waals surface area contributed by atoms with Gasteiger partial charge in [-0.15, -0.1) is 0 Å². The highest BCUT2D eigenvalue weighted by molar-refractivity contribution is 6.34. The van der Waals surface area contributed by atoms with Crippen molar-refractivity contribution in [1.29, 1.82) is 0 Å².